The molecule has 0 aliphatic heterocycles. The van der Waals surface area contributed by atoms with Gasteiger partial charge in [-0.3, -0.25) is 4.79 Å². The molecule has 1 amide bonds. The second-order valence-corrected chi connectivity index (χ2v) is 4.74. The molecule has 0 saturated heterocycles. The monoisotopic (exact) mass is 297 g/mol. The van der Waals surface area contributed by atoms with Gasteiger partial charge in [-0.05, 0) is 24.3 Å². The van der Waals surface area contributed by atoms with Gasteiger partial charge in [0.15, 0.2) is 0 Å². The molecular weight excluding hydrogens is 288 g/mol. The molecule has 19 heavy (non-hydrogen) atoms. The van der Waals surface area contributed by atoms with Crippen molar-refractivity contribution in [2.75, 3.05) is 0 Å². The molecule has 2 nitrogen and oxygen atoms in total. The SMILES string of the molecule is O=C(NCc1ccccc1F)c1ccc(Cl)cc1Cl. The third-order valence-corrected chi connectivity index (χ3v) is 3.12. The van der Waals surface area contributed by atoms with Crippen molar-refractivity contribution >= 4 is 29.1 Å². The Kier molecular flexibility index (Phi) is 4.40. The largest absolute Gasteiger partial charge is 0.348 e. The molecule has 0 bridgehead atoms. The van der Waals surface area contributed by atoms with Crippen molar-refractivity contribution in [1.82, 2.24) is 5.32 Å². The summed E-state index contributed by atoms with van der Waals surface area (Å²) in [5.74, 6) is -0.727. The first-order chi connectivity index (χ1) is 9.08. The van der Waals surface area contributed by atoms with E-state index < -0.39 is 0 Å². The number of carbonyl (C=O) groups excluding carboxylic acids is 1. The molecule has 0 unspecified atom stereocenters. The van der Waals surface area contributed by atoms with E-state index in [9.17, 15) is 9.18 Å². The summed E-state index contributed by atoms with van der Waals surface area (Å²) >= 11 is 11.7. The summed E-state index contributed by atoms with van der Waals surface area (Å²) in [6.45, 7) is 0.102. The van der Waals surface area contributed by atoms with E-state index in [1.165, 1.54) is 18.2 Å². The van der Waals surface area contributed by atoms with Crippen molar-refractivity contribution < 1.29 is 9.18 Å². The maximum atomic E-state index is 13.4. The molecule has 0 fully saturated rings. The lowest BCUT2D eigenvalue weighted by atomic mass is 10.2. The predicted molar refractivity (Wildman–Crippen MR) is 74.0 cm³/mol. The summed E-state index contributed by atoms with van der Waals surface area (Å²) in [4.78, 5) is 11.9. The number of halogens is 3. The molecule has 5 heteroatoms. The second kappa shape index (κ2) is 6.04. The maximum absolute atomic E-state index is 13.4. The van der Waals surface area contributed by atoms with Gasteiger partial charge in [0.05, 0.1) is 10.6 Å². The molecule has 98 valence electrons. The summed E-state index contributed by atoms with van der Waals surface area (Å²) < 4.78 is 13.4. The van der Waals surface area contributed by atoms with Gasteiger partial charge in [-0.25, -0.2) is 4.39 Å². The number of benzene rings is 2. The van der Waals surface area contributed by atoms with E-state index in [1.54, 1.807) is 24.3 Å². The molecule has 2 rings (SSSR count). The highest BCUT2D eigenvalue weighted by atomic mass is 35.5. The first-order valence-corrected chi connectivity index (χ1v) is 6.30. The van der Waals surface area contributed by atoms with E-state index >= 15 is 0 Å². The van der Waals surface area contributed by atoms with Crippen molar-refractivity contribution in [2.45, 2.75) is 6.54 Å². The molecule has 0 heterocycles. The third-order valence-electron chi connectivity index (χ3n) is 2.57. The van der Waals surface area contributed by atoms with Crippen molar-refractivity contribution in [1.29, 1.82) is 0 Å². The Hall–Kier alpha value is -1.58. The second-order valence-electron chi connectivity index (χ2n) is 3.90. The van der Waals surface area contributed by atoms with E-state index in [4.69, 9.17) is 23.2 Å². The fraction of sp³-hybridized carbons (Fsp3) is 0.0714. The number of nitrogens with one attached hydrogen (secondary N) is 1. The number of carbonyl (C=O) groups is 1. The molecule has 0 atom stereocenters. The number of rotatable bonds is 3. The van der Waals surface area contributed by atoms with E-state index in [0.717, 1.165) is 0 Å². The topological polar surface area (TPSA) is 29.1 Å². The first-order valence-electron chi connectivity index (χ1n) is 5.54. The average Bonchev–Trinajstić information content (AvgIpc) is 2.37. The summed E-state index contributed by atoms with van der Waals surface area (Å²) in [7, 11) is 0. The Morgan fingerprint density at radius 3 is 2.58 bits per heavy atom. The fourth-order valence-corrected chi connectivity index (χ4v) is 2.08. The van der Waals surface area contributed by atoms with Gasteiger partial charge in [-0.2, -0.15) is 0 Å². The summed E-state index contributed by atoms with van der Waals surface area (Å²) in [5.41, 5.74) is 0.725. The molecule has 0 spiro atoms. The van der Waals surface area contributed by atoms with Crippen LogP contribution in [-0.4, -0.2) is 5.91 Å². The molecule has 0 aromatic heterocycles. The van der Waals surface area contributed by atoms with Gasteiger partial charge < -0.3 is 5.32 Å². The van der Waals surface area contributed by atoms with Gasteiger partial charge in [0, 0.05) is 17.1 Å². The van der Waals surface area contributed by atoms with Crippen LogP contribution in [0.4, 0.5) is 4.39 Å². The van der Waals surface area contributed by atoms with Gasteiger partial charge in [0.25, 0.3) is 5.91 Å². The Labute approximate surface area is 120 Å². The lowest BCUT2D eigenvalue weighted by Crippen LogP contribution is -2.23. The minimum absolute atomic E-state index is 0.102. The lowest BCUT2D eigenvalue weighted by Gasteiger charge is -2.07. The van der Waals surface area contributed by atoms with E-state index in [0.29, 0.717) is 16.1 Å². The quantitative estimate of drug-likeness (QED) is 0.909. The van der Waals surface area contributed by atoms with Crippen molar-refractivity contribution in [3.63, 3.8) is 0 Å². The standard InChI is InChI=1S/C14H10Cl2FNO/c15-10-5-6-11(12(16)7-10)14(19)18-8-9-3-1-2-4-13(9)17/h1-7H,8H2,(H,18,19). The van der Waals surface area contributed by atoms with Crippen LogP contribution in [0.5, 0.6) is 0 Å². The van der Waals surface area contributed by atoms with E-state index in [2.05, 4.69) is 5.32 Å². The lowest BCUT2D eigenvalue weighted by molar-refractivity contribution is 0.0951. The zero-order valence-corrected chi connectivity index (χ0v) is 11.3. The molecule has 0 aliphatic rings. The molecule has 0 aliphatic carbocycles. The fourth-order valence-electron chi connectivity index (χ4n) is 1.59. The molecule has 0 radical (unpaired) electrons. The molecule has 2 aromatic carbocycles. The predicted octanol–water partition coefficient (Wildman–Crippen LogP) is 4.06. The maximum Gasteiger partial charge on any atom is 0.253 e. The Bertz CT molecular complexity index is 616. The van der Waals surface area contributed by atoms with Crippen LogP contribution in [0, 0.1) is 5.82 Å². The van der Waals surface area contributed by atoms with Gasteiger partial charge >= 0.3 is 0 Å². The molecule has 1 N–H and O–H groups in total. The van der Waals surface area contributed by atoms with Gasteiger partial charge in [0.1, 0.15) is 5.82 Å². The molecule has 0 saturated carbocycles. The van der Waals surface area contributed by atoms with Gasteiger partial charge in [-0.15, -0.1) is 0 Å². The summed E-state index contributed by atoms with van der Waals surface area (Å²) in [6.07, 6.45) is 0. The zero-order chi connectivity index (χ0) is 13.8. The van der Waals surface area contributed by atoms with Crippen LogP contribution >= 0.6 is 23.2 Å². The average molecular weight is 298 g/mol. The zero-order valence-electron chi connectivity index (χ0n) is 9.79. The van der Waals surface area contributed by atoms with Crippen LogP contribution in [0.1, 0.15) is 15.9 Å². The van der Waals surface area contributed by atoms with E-state index in [-0.39, 0.29) is 23.3 Å². The molecular formula is C14H10Cl2FNO. The van der Waals surface area contributed by atoms with E-state index in [1.807, 2.05) is 0 Å². The summed E-state index contributed by atoms with van der Waals surface area (Å²) in [5, 5.41) is 3.33. The minimum Gasteiger partial charge on any atom is -0.348 e. The minimum atomic E-state index is -0.370. The van der Waals surface area contributed by atoms with Crippen LogP contribution in [-0.2, 0) is 6.54 Å². The summed E-state index contributed by atoms with van der Waals surface area (Å²) in [6, 6.07) is 10.8. The number of hydrogen-bond acceptors (Lipinski definition) is 1. The van der Waals surface area contributed by atoms with Crippen LogP contribution in [0.3, 0.4) is 0 Å². The smallest absolute Gasteiger partial charge is 0.253 e. The highest BCUT2D eigenvalue weighted by Gasteiger charge is 2.11. The van der Waals surface area contributed by atoms with Crippen LogP contribution < -0.4 is 5.32 Å². The Balaban J connectivity index is 2.08. The Morgan fingerprint density at radius 2 is 1.89 bits per heavy atom. The normalized spacial score (nSPS) is 10.3. The van der Waals surface area contributed by atoms with Gasteiger partial charge in [-0.1, -0.05) is 41.4 Å². The number of hydrogen-bond donors (Lipinski definition) is 1. The van der Waals surface area contributed by atoms with Crippen LogP contribution in [0.25, 0.3) is 0 Å². The Morgan fingerprint density at radius 1 is 1.16 bits per heavy atom. The van der Waals surface area contributed by atoms with Crippen molar-refractivity contribution in [2.24, 2.45) is 0 Å². The highest BCUT2D eigenvalue weighted by molar-refractivity contribution is 6.36. The van der Waals surface area contributed by atoms with Crippen LogP contribution in [0.15, 0.2) is 42.5 Å². The third kappa shape index (κ3) is 3.46. The van der Waals surface area contributed by atoms with Crippen molar-refractivity contribution in [3.05, 3.63) is 69.5 Å². The van der Waals surface area contributed by atoms with Crippen LogP contribution in [0.2, 0.25) is 10.0 Å². The number of amides is 1. The first kappa shape index (κ1) is 13.8. The van der Waals surface area contributed by atoms with Crippen molar-refractivity contribution in [3.8, 4) is 0 Å². The highest BCUT2D eigenvalue weighted by Crippen LogP contribution is 2.20. The van der Waals surface area contributed by atoms with Gasteiger partial charge in [0.2, 0.25) is 0 Å². The molecule has 2 aromatic rings.